The van der Waals surface area contributed by atoms with Crippen LogP contribution in [0.15, 0.2) is 78.9 Å². The Kier molecular flexibility index (Phi) is 9.04. The zero-order valence-electron chi connectivity index (χ0n) is 22.0. The molecule has 0 aromatic heterocycles. The first-order valence-corrected chi connectivity index (χ1v) is 14.3. The van der Waals surface area contributed by atoms with Crippen LogP contribution in [-0.4, -0.2) is 64.6 Å². The number of sulfonamides is 1. The maximum Gasteiger partial charge on any atom is 0.251 e. The quantitative estimate of drug-likeness (QED) is 0.402. The maximum atomic E-state index is 13.4. The molecule has 1 aliphatic heterocycles. The van der Waals surface area contributed by atoms with Crippen LogP contribution in [0.25, 0.3) is 0 Å². The van der Waals surface area contributed by atoms with Crippen LogP contribution in [-0.2, 0) is 27.7 Å². The van der Waals surface area contributed by atoms with Crippen LogP contribution >= 0.6 is 0 Å². The van der Waals surface area contributed by atoms with E-state index in [0.717, 1.165) is 16.9 Å². The van der Waals surface area contributed by atoms with Gasteiger partial charge in [0.25, 0.3) is 5.91 Å². The fourth-order valence-corrected chi connectivity index (χ4v) is 5.36. The molecule has 1 N–H and O–H groups in total. The molecule has 1 saturated heterocycles. The molecule has 202 valence electrons. The summed E-state index contributed by atoms with van der Waals surface area (Å²) in [5.74, 6) is 0.516. The van der Waals surface area contributed by atoms with Gasteiger partial charge >= 0.3 is 0 Å². The van der Waals surface area contributed by atoms with E-state index in [9.17, 15) is 13.2 Å². The molecule has 1 heterocycles. The molecule has 8 nitrogen and oxygen atoms in total. The summed E-state index contributed by atoms with van der Waals surface area (Å²) in [7, 11) is -0.287. The molecule has 0 saturated carbocycles. The highest BCUT2D eigenvalue weighted by molar-refractivity contribution is 7.92. The normalized spacial score (nSPS) is 16.7. The molecule has 3 aromatic rings. The van der Waals surface area contributed by atoms with Crippen molar-refractivity contribution in [2.75, 3.05) is 37.5 Å². The van der Waals surface area contributed by atoms with Gasteiger partial charge in [-0.1, -0.05) is 48.5 Å². The molecule has 9 heteroatoms. The highest BCUT2D eigenvalue weighted by atomic mass is 32.2. The highest BCUT2D eigenvalue weighted by Crippen LogP contribution is 2.22. The van der Waals surface area contributed by atoms with Crippen LogP contribution in [0.3, 0.4) is 0 Å². The predicted molar refractivity (Wildman–Crippen MR) is 149 cm³/mol. The van der Waals surface area contributed by atoms with Crippen LogP contribution in [0.5, 0.6) is 5.75 Å². The minimum absolute atomic E-state index is 0.0235. The lowest BCUT2D eigenvalue weighted by Crippen LogP contribution is -2.46. The molecule has 0 aliphatic carbocycles. The molecular formula is C29H35N3O5S. The van der Waals surface area contributed by atoms with Gasteiger partial charge in [-0.2, -0.15) is 0 Å². The number of anilines is 1. The molecule has 1 aliphatic rings. The number of rotatable bonds is 11. The summed E-state index contributed by atoms with van der Waals surface area (Å²) in [6.45, 7) is 3.42. The van der Waals surface area contributed by atoms with Gasteiger partial charge in [-0.05, 0) is 54.8 Å². The van der Waals surface area contributed by atoms with Crippen LogP contribution in [0.1, 0.15) is 28.4 Å². The summed E-state index contributed by atoms with van der Waals surface area (Å²) >= 11 is 0. The molecule has 1 fully saturated rings. The molecule has 38 heavy (non-hydrogen) atoms. The monoisotopic (exact) mass is 537 g/mol. The van der Waals surface area contributed by atoms with Crippen LogP contribution in [0, 0.1) is 0 Å². The fourth-order valence-electron chi connectivity index (χ4n) is 4.54. The smallest absolute Gasteiger partial charge is 0.251 e. The Hall–Kier alpha value is -3.40. The van der Waals surface area contributed by atoms with Gasteiger partial charge in [0.2, 0.25) is 10.0 Å². The summed E-state index contributed by atoms with van der Waals surface area (Å²) in [6, 6.07) is 24.3. The van der Waals surface area contributed by atoms with Gasteiger partial charge in [-0.3, -0.25) is 14.0 Å². The molecule has 2 atom stereocenters. The van der Waals surface area contributed by atoms with Crippen molar-refractivity contribution in [2.45, 2.75) is 32.0 Å². The van der Waals surface area contributed by atoms with Gasteiger partial charge in [-0.25, -0.2) is 8.42 Å². The second-order valence-electron chi connectivity index (χ2n) is 9.39. The molecule has 4 rings (SSSR count). The lowest BCUT2D eigenvalue weighted by atomic mass is 10.00. The van der Waals surface area contributed by atoms with Crippen LogP contribution in [0.4, 0.5) is 5.69 Å². The van der Waals surface area contributed by atoms with Gasteiger partial charge in [0, 0.05) is 25.7 Å². The molecule has 0 radical (unpaired) electrons. The number of amides is 1. The van der Waals surface area contributed by atoms with Gasteiger partial charge in [0.1, 0.15) is 5.75 Å². The molecule has 1 amide bonds. The van der Waals surface area contributed by atoms with Gasteiger partial charge in [-0.15, -0.1) is 0 Å². The lowest BCUT2D eigenvalue weighted by Gasteiger charge is -2.25. The minimum atomic E-state index is -3.44. The summed E-state index contributed by atoms with van der Waals surface area (Å²) in [4.78, 5) is 15.6. The number of nitrogens with one attached hydrogen (secondary N) is 1. The van der Waals surface area contributed by atoms with Crippen molar-refractivity contribution < 1.29 is 22.7 Å². The van der Waals surface area contributed by atoms with E-state index in [-0.39, 0.29) is 23.8 Å². The number of hydrogen-bond donors (Lipinski definition) is 1. The topological polar surface area (TPSA) is 88.2 Å². The van der Waals surface area contributed by atoms with Crippen molar-refractivity contribution in [1.82, 2.24) is 10.2 Å². The Labute approximate surface area is 225 Å². The SMILES string of the molecule is CCS(=O)(=O)N(C)c1cccc(C(=O)N[C@@H](Cc2ccccc2)[C@H]2CN(Cc3cccc(OC)c3)CO2)c1. The number of carbonyl (C=O) groups is 1. The lowest BCUT2D eigenvalue weighted by molar-refractivity contribution is 0.0599. The number of ether oxygens (including phenoxy) is 2. The van der Waals surface area contributed by atoms with E-state index in [1.165, 1.54) is 11.4 Å². The fraction of sp³-hybridized carbons (Fsp3) is 0.345. The number of nitrogens with zero attached hydrogens (tertiary/aromatic N) is 2. The van der Waals surface area contributed by atoms with Crippen molar-refractivity contribution in [3.05, 3.63) is 95.6 Å². The zero-order valence-corrected chi connectivity index (χ0v) is 22.9. The Balaban J connectivity index is 1.50. The first-order chi connectivity index (χ1) is 18.3. The van der Waals surface area contributed by atoms with E-state index in [1.807, 2.05) is 48.5 Å². The average Bonchev–Trinajstić information content (AvgIpc) is 3.41. The summed E-state index contributed by atoms with van der Waals surface area (Å²) in [5.41, 5.74) is 3.06. The van der Waals surface area contributed by atoms with Crippen LogP contribution < -0.4 is 14.4 Å². The average molecular weight is 538 g/mol. The standard InChI is InChI=1S/C29H35N3O5S/c1-4-38(34,35)31(2)25-14-9-13-24(18-25)29(33)30-27(17-22-10-6-5-7-11-22)28-20-32(21-37-28)19-23-12-8-15-26(16-23)36-3/h5-16,18,27-28H,4,17,19-21H2,1-3H3,(H,30,33)/t27-,28+/m0/s1. The van der Waals surface area contributed by atoms with E-state index in [2.05, 4.69) is 16.3 Å². The van der Waals surface area contributed by atoms with Gasteiger partial charge < -0.3 is 14.8 Å². The van der Waals surface area contributed by atoms with Crippen LogP contribution in [0.2, 0.25) is 0 Å². The van der Waals surface area contributed by atoms with E-state index in [0.29, 0.717) is 37.5 Å². The second kappa shape index (κ2) is 12.4. The summed E-state index contributed by atoms with van der Waals surface area (Å²) in [5, 5.41) is 3.17. The molecular weight excluding hydrogens is 502 g/mol. The first-order valence-electron chi connectivity index (χ1n) is 12.7. The Morgan fingerprint density at radius 3 is 2.55 bits per heavy atom. The van der Waals surface area contributed by atoms with E-state index < -0.39 is 10.0 Å². The van der Waals surface area contributed by atoms with Gasteiger partial charge in [0.05, 0.1) is 37.4 Å². The predicted octanol–water partition coefficient (Wildman–Crippen LogP) is 3.68. The maximum absolute atomic E-state index is 13.4. The molecule has 0 bridgehead atoms. The number of carbonyl (C=O) groups excluding carboxylic acids is 1. The Morgan fingerprint density at radius 1 is 1.08 bits per heavy atom. The number of methoxy groups -OCH3 is 1. The largest absolute Gasteiger partial charge is 0.497 e. The van der Waals surface area contributed by atoms with E-state index in [4.69, 9.17) is 9.47 Å². The highest BCUT2D eigenvalue weighted by Gasteiger charge is 2.32. The third-order valence-electron chi connectivity index (χ3n) is 6.77. The number of hydrogen-bond acceptors (Lipinski definition) is 6. The van der Waals surface area contributed by atoms with E-state index >= 15 is 0 Å². The van der Waals surface area contributed by atoms with Crippen molar-refractivity contribution in [2.24, 2.45) is 0 Å². The molecule has 3 aromatic carbocycles. The van der Waals surface area contributed by atoms with Gasteiger partial charge in [0.15, 0.2) is 0 Å². The molecule has 0 spiro atoms. The Bertz CT molecular complexity index is 1330. The molecule has 0 unspecified atom stereocenters. The van der Waals surface area contributed by atoms with Crippen molar-refractivity contribution in [3.8, 4) is 5.75 Å². The first kappa shape index (κ1) is 27.6. The van der Waals surface area contributed by atoms with Crippen molar-refractivity contribution in [3.63, 3.8) is 0 Å². The third-order valence-corrected chi connectivity index (χ3v) is 8.54. The van der Waals surface area contributed by atoms with Crippen molar-refractivity contribution >= 4 is 21.6 Å². The summed E-state index contributed by atoms with van der Waals surface area (Å²) < 4.78 is 37.4. The second-order valence-corrected chi connectivity index (χ2v) is 11.7. The third kappa shape index (κ3) is 6.92. The zero-order chi connectivity index (χ0) is 27.1. The number of benzene rings is 3. The van der Waals surface area contributed by atoms with E-state index in [1.54, 1.807) is 38.3 Å². The summed E-state index contributed by atoms with van der Waals surface area (Å²) in [6.07, 6.45) is 0.393. The Morgan fingerprint density at radius 2 is 1.82 bits per heavy atom. The minimum Gasteiger partial charge on any atom is -0.497 e. The van der Waals surface area contributed by atoms with Crippen molar-refractivity contribution in [1.29, 1.82) is 0 Å².